The lowest BCUT2D eigenvalue weighted by molar-refractivity contribution is -0.140. The first kappa shape index (κ1) is 20.2. The number of halogens is 1. The highest BCUT2D eigenvalue weighted by Gasteiger charge is 2.46. The van der Waals surface area contributed by atoms with E-state index in [1.165, 1.54) is 42.5 Å². The second-order valence-corrected chi connectivity index (χ2v) is 6.95. The molecule has 1 aromatic heterocycles. The number of rotatable bonds is 5. The molecule has 1 aliphatic heterocycles. The number of carbonyl (C=O) groups excluding carboxylic acids is 2. The Labute approximate surface area is 176 Å². The molecular formula is C23H18FNO6. The number of hydrogen-bond donors (Lipinski definition) is 2. The molecule has 0 aliphatic carbocycles. The molecule has 2 N–H and O–H groups in total. The second kappa shape index (κ2) is 7.98. The van der Waals surface area contributed by atoms with Gasteiger partial charge in [-0.3, -0.25) is 9.59 Å². The number of phenolic OH excluding ortho intramolecular Hbond substituents is 1. The number of carbonyl (C=O) groups is 2. The van der Waals surface area contributed by atoms with Gasteiger partial charge in [-0.25, -0.2) is 4.39 Å². The van der Waals surface area contributed by atoms with Crippen molar-refractivity contribution in [1.29, 1.82) is 0 Å². The molecule has 2 heterocycles. The second-order valence-electron chi connectivity index (χ2n) is 6.95. The van der Waals surface area contributed by atoms with Gasteiger partial charge < -0.3 is 24.3 Å². The maximum atomic E-state index is 14.2. The highest BCUT2D eigenvalue weighted by molar-refractivity contribution is 6.46. The Morgan fingerprint density at radius 2 is 1.97 bits per heavy atom. The Kier molecular flexibility index (Phi) is 5.21. The molecule has 0 radical (unpaired) electrons. The molecule has 31 heavy (non-hydrogen) atoms. The van der Waals surface area contributed by atoms with Crippen molar-refractivity contribution in [3.05, 3.63) is 89.1 Å². The number of amides is 1. The van der Waals surface area contributed by atoms with E-state index in [9.17, 15) is 24.2 Å². The van der Waals surface area contributed by atoms with Gasteiger partial charge in [-0.2, -0.15) is 0 Å². The van der Waals surface area contributed by atoms with Crippen molar-refractivity contribution in [3.8, 4) is 11.5 Å². The Morgan fingerprint density at radius 1 is 1.16 bits per heavy atom. The van der Waals surface area contributed by atoms with Crippen molar-refractivity contribution >= 4 is 17.4 Å². The van der Waals surface area contributed by atoms with Gasteiger partial charge in [0.15, 0.2) is 11.6 Å². The van der Waals surface area contributed by atoms with Crippen LogP contribution in [0, 0.1) is 5.82 Å². The molecule has 0 saturated carbocycles. The Morgan fingerprint density at radius 3 is 2.61 bits per heavy atom. The molecule has 0 bridgehead atoms. The molecule has 1 saturated heterocycles. The molecule has 158 valence electrons. The van der Waals surface area contributed by atoms with Crippen LogP contribution in [0.4, 0.5) is 4.39 Å². The maximum absolute atomic E-state index is 14.2. The lowest BCUT2D eigenvalue weighted by Crippen LogP contribution is -2.29. The Hall–Kier alpha value is -4.07. The van der Waals surface area contributed by atoms with Gasteiger partial charge in [0.2, 0.25) is 0 Å². The Balaban J connectivity index is 1.87. The molecule has 1 aliphatic rings. The van der Waals surface area contributed by atoms with Crippen LogP contribution < -0.4 is 4.74 Å². The highest BCUT2D eigenvalue weighted by Crippen LogP contribution is 2.41. The average Bonchev–Trinajstić information content (AvgIpc) is 3.35. The van der Waals surface area contributed by atoms with E-state index in [0.717, 1.165) is 6.07 Å². The van der Waals surface area contributed by atoms with E-state index in [0.29, 0.717) is 11.3 Å². The maximum Gasteiger partial charge on any atom is 0.296 e. The number of Topliss-reactive ketones (excluding diaryl/α,β-unsaturated/α-hetero) is 1. The lowest BCUT2D eigenvalue weighted by atomic mass is 9.95. The number of furan rings is 1. The number of methoxy groups -OCH3 is 1. The largest absolute Gasteiger partial charge is 0.508 e. The van der Waals surface area contributed by atoms with Crippen molar-refractivity contribution in [2.24, 2.45) is 0 Å². The summed E-state index contributed by atoms with van der Waals surface area (Å²) in [4.78, 5) is 27.0. The highest BCUT2D eigenvalue weighted by atomic mass is 19.1. The zero-order valence-electron chi connectivity index (χ0n) is 16.4. The first-order chi connectivity index (χ1) is 14.9. The molecule has 1 amide bonds. The number of aliphatic hydroxyl groups is 1. The number of phenols is 1. The number of likely N-dealkylation sites (tertiary alicyclic amines) is 1. The van der Waals surface area contributed by atoms with Gasteiger partial charge in [0.05, 0.1) is 31.5 Å². The molecule has 7 nitrogen and oxygen atoms in total. The minimum Gasteiger partial charge on any atom is -0.508 e. The van der Waals surface area contributed by atoms with Crippen LogP contribution in [0.5, 0.6) is 11.5 Å². The summed E-state index contributed by atoms with van der Waals surface area (Å²) >= 11 is 0. The predicted octanol–water partition coefficient (Wildman–Crippen LogP) is 3.75. The van der Waals surface area contributed by atoms with Gasteiger partial charge in [0.25, 0.3) is 11.7 Å². The van der Waals surface area contributed by atoms with Gasteiger partial charge in [-0.1, -0.05) is 12.1 Å². The van der Waals surface area contributed by atoms with Gasteiger partial charge in [0.1, 0.15) is 17.3 Å². The van der Waals surface area contributed by atoms with Gasteiger partial charge >= 0.3 is 0 Å². The minimum atomic E-state index is -1.01. The van der Waals surface area contributed by atoms with E-state index in [1.807, 2.05) is 0 Å². The smallest absolute Gasteiger partial charge is 0.296 e. The van der Waals surface area contributed by atoms with Gasteiger partial charge in [-0.05, 0) is 48.0 Å². The molecule has 0 spiro atoms. The average molecular weight is 423 g/mol. The standard InChI is InChI=1S/C23H18FNO6/c1-30-18-8-7-14(11-17(18)24)21(27)19-20(13-4-2-5-15(26)10-13)25(23(29)22(19)28)12-16-6-3-9-31-16/h2-11,20,26-27H,12H2,1H3/t20-/m1/s1. The van der Waals surface area contributed by atoms with E-state index >= 15 is 0 Å². The number of nitrogens with zero attached hydrogens (tertiary/aromatic N) is 1. The number of ketones is 1. The molecule has 3 aromatic rings. The summed E-state index contributed by atoms with van der Waals surface area (Å²) in [7, 11) is 1.31. The summed E-state index contributed by atoms with van der Waals surface area (Å²) in [6.07, 6.45) is 1.44. The molecule has 4 rings (SSSR count). The fourth-order valence-electron chi connectivity index (χ4n) is 3.62. The molecule has 8 heteroatoms. The van der Waals surface area contributed by atoms with Crippen molar-refractivity contribution in [2.75, 3.05) is 7.11 Å². The number of ether oxygens (including phenoxy) is 1. The fourth-order valence-corrected chi connectivity index (χ4v) is 3.62. The molecule has 0 unspecified atom stereocenters. The zero-order chi connectivity index (χ0) is 22.1. The summed E-state index contributed by atoms with van der Waals surface area (Å²) in [6, 6.07) is 12.0. The van der Waals surface area contributed by atoms with E-state index in [1.54, 1.807) is 24.3 Å². The minimum absolute atomic E-state index is 0.0134. The number of aliphatic hydroxyl groups excluding tert-OH is 1. The van der Waals surface area contributed by atoms with Crippen LogP contribution in [0.3, 0.4) is 0 Å². The van der Waals surface area contributed by atoms with Crippen LogP contribution in [-0.4, -0.2) is 33.9 Å². The summed E-state index contributed by atoms with van der Waals surface area (Å²) in [5, 5.41) is 20.9. The zero-order valence-corrected chi connectivity index (χ0v) is 16.4. The first-order valence-corrected chi connectivity index (χ1v) is 9.34. The van der Waals surface area contributed by atoms with E-state index in [4.69, 9.17) is 9.15 Å². The SMILES string of the molecule is COc1ccc(C(O)=C2C(=O)C(=O)N(Cc3ccco3)[C@@H]2c2cccc(O)c2)cc1F. The fraction of sp³-hybridized carbons (Fsp3) is 0.130. The van der Waals surface area contributed by atoms with Crippen LogP contribution >= 0.6 is 0 Å². The molecule has 1 atom stereocenters. The summed E-state index contributed by atoms with van der Waals surface area (Å²) < 4.78 is 24.4. The number of aromatic hydroxyl groups is 1. The topological polar surface area (TPSA) is 100 Å². The third-order valence-corrected chi connectivity index (χ3v) is 5.06. The number of hydrogen-bond acceptors (Lipinski definition) is 6. The van der Waals surface area contributed by atoms with Crippen molar-refractivity contribution in [3.63, 3.8) is 0 Å². The molecule has 1 fully saturated rings. The number of benzene rings is 2. The van der Waals surface area contributed by atoms with E-state index in [-0.39, 0.29) is 29.2 Å². The monoisotopic (exact) mass is 423 g/mol. The van der Waals surface area contributed by atoms with E-state index < -0.39 is 29.3 Å². The van der Waals surface area contributed by atoms with Crippen LogP contribution in [0.25, 0.3) is 5.76 Å². The lowest BCUT2D eigenvalue weighted by Gasteiger charge is -2.24. The van der Waals surface area contributed by atoms with Gasteiger partial charge in [0, 0.05) is 5.56 Å². The van der Waals surface area contributed by atoms with Crippen molar-refractivity contribution < 1.29 is 33.3 Å². The van der Waals surface area contributed by atoms with E-state index in [2.05, 4.69) is 0 Å². The quantitative estimate of drug-likeness (QED) is 0.368. The predicted molar refractivity (Wildman–Crippen MR) is 108 cm³/mol. The van der Waals surface area contributed by atoms with Crippen LogP contribution in [0.15, 0.2) is 70.9 Å². The van der Waals surface area contributed by atoms with Crippen LogP contribution in [0.1, 0.15) is 22.9 Å². The summed E-state index contributed by atoms with van der Waals surface area (Å²) in [5.41, 5.74) is 0.201. The third-order valence-electron chi connectivity index (χ3n) is 5.06. The van der Waals surface area contributed by atoms with Crippen LogP contribution in [0.2, 0.25) is 0 Å². The summed E-state index contributed by atoms with van der Waals surface area (Å²) in [5.74, 6) is -2.70. The normalized spacial score (nSPS) is 17.9. The van der Waals surface area contributed by atoms with Gasteiger partial charge in [-0.15, -0.1) is 0 Å². The molecular weight excluding hydrogens is 405 g/mol. The van der Waals surface area contributed by atoms with Crippen molar-refractivity contribution in [2.45, 2.75) is 12.6 Å². The first-order valence-electron chi connectivity index (χ1n) is 9.34. The Bertz CT molecular complexity index is 1180. The third kappa shape index (κ3) is 3.63. The molecule has 2 aromatic carbocycles. The summed E-state index contributed by atoms with van der Waals surface area (Å²) in [6.45, 7) is -0.0361. The van der Waals surface area contributed by atoms with Crippen molar-refractivity contribution in [1.82, 2.24) is 4.90 Å². The van der Waals surface area contributed by atoms with Crippen LogP contribution in [-0.2, 0) is 16.1 Å².